The first kappa shape index (κ1) is 18.8. The number of benzene rings is 2. The minimum atomic E-state index is -0.220. The quantitative estimate of drug-likeness (QED) is 0.674. The topological polar surface area (TPSA) is 63.7 Å². The third kappa shape index (κ3) is 4.32. The van der Waals surface area contributed by atoms with Gasteiger partial charge in [0.05, 0.1) is 11.9 Å². The Morgan fingerprint density at radius 1 is 1.07 bits per heavy atom. The number of aromatic nitrogens is 1. The van der Waals surface area contributed by atoms with Crippen molar-refractivity contribution in [2.75, 3.05) is 17.0 Å². The van der Waals surface area contributed by atoms with E-state index in [9.17, 15) is 4.79 Å². The molecule has 6 nitrogen and oxygen atoms in total. The van der Waals surface area contributed by atoms with Crippen LogP contribution in [0.4, 0.5) is 11.5 Å². The molecule has 0 saturated carbocycles. The van der Waals surface area contributed by atoms with Crippen molar-refractivity contribution in [2.24, 2.45) is 0 Å². The van der Waals surface area contributed by atoms with Crippen LogP contribution in [0.15, 0.2) is 66.9 Å². The molecule has 3 aromatic rings. The lowest BCUT2D eigenvalue weighted by Crippen LogP contribution is -2.30. The van der Waals surface area contributed by atoms with E-state index >= 15 is 0 Å². The summed E-state index contributed by atoms with van der Waals surface area (Å²) in [5.41, 5.74) is 2.37. The number of carbonyl (C=O) groups excluding carboxylic acids is 1. The molecule has 0 spiro atoms. The fourth-order valence-electron chi connectivity index (χ4n) is 3.18. The molecule has 0 unspecified atom stereocenters. The van der Waals surface area contributed by atoms with Gasteiger partial charge in [0.15, 0.2) is 11.5 Å². The molecular formula is C23H23N3O3. The number of hydrogen-bond acceptors (Lipinski definition) is 5. The maximum atomic E-state index is 12.5. The molecule has 0 radical (unpaired) electrons. The van der Waals surface area contributed by atoms with Gasteiger partial charge in [-0.2, -0.15) is 0 Å². The molecule has 6 heteroatoms. The number of ether oxygens (including phenoxy) is 2. The Bertz CT molecular complexity index is 988. The predicted octanol–water partition coefficient (Wildman–Crippen LogP) is 4.48. The number of pyridine rings is 1. The van der Waals surface area contributed by atoms with Crippen LogP contribution in [0.5, 0.6) is 11.5 Å². The molecule has 2 aromatic carbocycles. The van der Waals surface area contributed by atoms with Crippen LogP contribution in [0.2, 0.25) is 0 Å². The van der Waals surface area contributed by atoms with Crippen molar-refractivity contribution in [3.63, 3.8) is 0 Å². The van der Waals surface area contributed by atoms with Crippen molar-refractivity contribution in [2.45, 2.75) is 26.4 Å². The van der Waals surface area contributed by atoms with Crippen molar-refractivity contribution in [3.05, 3.63) is 78.0 Å². The van der Waals surface area contributed by atoms with Crippen LogP contribution in [0.1, 0.15) is 29.8 Å². The maximum Gasteiger partial charge on any atom is 0.255 e. The molecule has 1 aliphatic rings. The monoisotopic (exact) mass is 389 g/mol. The zero-order chi connectivity index (χ0) is 20.2. The van der Waals surface area contributed by atoms with E-state index in [1.165, 1.54) is 5.56 Å². The third-order valence-electron chi connectivity index (χ3n) is 4.75. The highest BCUT2D eigenvalue weighted by Gasteiger charge is 2.17. The molecular weight excluding hydrogens is 366 g/mol. The molecule has 2 heterocycles. The largest absolute Gasteiger partial charge is 0.454 e. The summed E-state index contributed by atoms with van der Waals surface area (Å²) in [6.07, 6.45) is 1.68. The molecule has 0 aliphatic carbocycles. The number of nitrogens with zero attached hydrogens (tertiary/aromatic N) is 2. The molecule has 4 rings (SSSR count). The van der Waals surface area contributed by atoms with Crippen LogP contribution in [-0.4, -0.2) is 23.7 Å². The van der Waals surface area contributed by atoms with Gasteiger partial charge < -0.3 is 19.7 Å². The highest BCUT2D eigenvalue weighted by Crippen LogP contribution is 2.32. The number of hydrogen-bond donors (Lipinski definition) is 1. The average molecular weight is 389 g/mol. The van der Waals surface area contributed by atoms with Crippen molar-refractivity contribution in [1.29, 1.82) is 0 Å². The van der Waals surface area contributed by atoms with Gasteiger partial charge in [-0.3, -0.25) is 4.79 Å². The molecule has 1 aromatic heterocycles. The van der Waals surface area contributed by atoms with Gasteiger partial charge in [0.25, 0.3) is 5.91 Å². The van der Waals surface area contributed by atoms with Crippen LogP contribution in [0.3, 0.4) is 0 Å². The standard InChI is InChI=1S/C23H23N3O3/c1-16(2)26(14-17-6-4-3-5-7-17)22-11-9-19(13-24-22)25-23(27)18-8-10-20-21(12-18)29-15-28-20/h3-13,16H,14-15H2,1-2H3,(H,25,27). The summed E-state index contributed by atoms with van der Waals surface area (Å²) in [5, 5.41) is 2.88. The summed E-state index contributed by atoms with van der Waals surface area (Å²) in [7, 11) is 0. The van der Waals surface area contributed by atoms with Gasteiger partial charge in [-0.15, -0.1) is 0 Å². The summed E-state index contributed by atoms with van der Waals surface area (Å²) in [6, 6.07) is 19.5. The van der Waals surface area contributed by atoms with Crippen molar-refractivity contribution < 1.29 is 14.3 Å². The lowest BCUT2D eigenvalue weighted by molar-refractivity contribution is 0.102. The van der Waals surface area contributed by atoms with Gasteiger partial charge in [0.2, 0.25) is 6.79 Å². The zero-order valence-corrected chi connectivity index (χ0v) is 16.5. The van der Waals surface area contributed by atoms with E-state index in [1.807, 2.05) is 30.3 Å². The molecule has 0 fully saturated rings. The van der Waals surface area contributed by atoms with Crippen molar-refractivity contribution in [1.82, 2.24) is 4.98 Å². The summed E-state index contributed by atoms with van der Waals surface area (Å²) in [4.78, 5) is 19.3. The highest BCUT2D eigenvalue weighted by atomic mass is 16.7. The number of carbonyl (C=O) groups is 1. The van der Waals surface area contributed by atoms with E-state index in [-0.39, 0.29) is 18.7 Å². The number of amides is 1. The molecule has 0 saturated heterocycles. The summed E-state index contributed by atoms with van der Waals surface area (Å²) < 4.78 is 10.6. The number of anilines is 2. The summed E-state index contributed by atoms with van der Waals surface area (Å²) in [5.74, 6) is 1.88. The number of rotatable bonds is 6. The van der Waals surface area contributed by atoms with Crippen LogP contribution in [0.25, 0.3) is 0 Å². The van der Waals surface area contributed by atoms with Gasteiger partial charge in [0.1, 0.15) is 5.82 Å². The van der Waals surface area contributed by atoms with E-state index in [0.717, 1.165) is 12.4 Å². The lowest BCUT2D eigenvalue weighted by Gasteiger charge is -2.28. The third-order valence-corrected chi connectivity index (χ3v) is 4.75. The Morgan fingerprint density at radius 3 is 2.59 bits per heavy atom. The Labute approximate surface area is 170 Å². The average Bonchev–Trinajstić information content (AvgIpc) is 3.21. The molecule has 148 valence electrons. The van der Waals surface area contributed by atoms with Gasteiger partial charge in [-0.25, -0.2) is 4.98 Å². The van der Waals surface area contributed by atoms with Crippen molar-refractivity contribution >= 4 is 17.4 Å². The Balaban J connectivity index is 1.46. The van der Waals surface area contributed by atoms with E-state index in [0.29, 0.717) is 22.7 Å². The van der Waals surface area contributed by atoms with Gasteiger partial charge in [-0.05, 0) is 49.7 Å². The van der Waals surface area contributed by atoms with E-state index in [2.05, 4.69) is 41.2 Å². The van der Waals surface area contributed by atoms with Crippen LogP contribution < -0.4 is 19.7 Å². The second-order valence-corrected chi connectivity index (χ2v) is 7.13. The fraction of sp³-hybridized carbons (Fsp3) is 0.217. The minimum Gasteiger partial charge on any atom is -0.454 e. The highest BCUT2D eigenvalue weighted by molar-refractivity contribution is 6.04. The zero-order valence-electron chi connectivity index (χ0n) is 16.5. The number of fused-ring (bicyclic) bond motifs is 1. The first-order chi connectivity index (χ1) is 14.1. The fourth-order valence-corrected chi connectivity index (χ4v) is 3.18. The second kappa shape index (κ2) is 8.22. The first-order valence-corrected chi connectivity index (χ1v) is 9.58. The summed E-state index contributed by atoms with van der Waals surface area (Å²) in [6.45, 7) is 5.23. The lowest BCUT2D eigenvalue weighted by atomic mass is 10.2. The smallest absolute Gasteiger partial charge is 0.255 e. The maximum absolute atomic E-state index is 12.5. The molecule has 1 aliphatic heterocycles. The SMILES string of the molecule is CC(C)N(Cc1ccccc1)c1ccc(NC(=O)c2ccc3c(c2)OCO3)cn1. The molecule has 1 amide bonds. The molecule has 0 bridgehead atoms. The molecule has 0 atom stereocenters. The van der Waals surface area contributed by atoms with E-state index < -0.39 is 0 Å². The normalized spacial score (nSPS) is 12.1. The molecule has 1 N–H and O–H groups in total. The molecule has 29 heavy (non-hydrogen) atoms. The minimum absolute atomic E-state index is 0.182. The Hall–Kier alpha value is -3.54. The predicted molar refractivity (Wildman–Crippen MR) is 113 cm³/mol. The summed E-state index contributed by atoms with van der Waals surface area (Å²) >= 11 is 0. The first-order valence-electron chi connectivity index (χ1n) is 9.58. The van der Waals surface area contributed by atoms with Gasteiger partial charge in [0, 0.05) is 18.2 Å². The van der Waals surface area contributed by atoms with Gasteiger partial charge in [-0.1, -0.05) is 30.3 Å². The van der Waals surface area contributed by atoms with Crippen LogP contribution >= 0.6 is 0 Å². The second-order valence-electron chi connectivity index (χ2n) is 7.13. The Kier molecular flexibility index (Phi) is 5.33. The van der Waals surface area contributed by atoms with Crippen LogP contribution in [0, 0.1) is 0 Å². The van der Waals surface area contributed by atoms with E-state index in [4.69, 9.17) is 9.47 Å². The van der Waals surface area contributed by atoms with Crippen molar-refractivity contribution in [3.8, 4) is 11.5 Å². The number of nitrogens with one attached hydrogen (secondary N) is 1. The van der Waals surface area contributed by atoms with Crippen LogP contribution in [-0.2, 0) is 6.54 Å². The Morgan fingerprint density at radius 2 is 1.86 bits per heavy atom. The van der Waals surface area contributed by atoms with E-state index in [1.54, 1.807) is 24.4 Å². The van der Waals surface area contributed by atoms with Gasteiger partial charge >= 0.3 is 0 Å².